The Balaban J connectivity index is 3.41. The van der Waals surface area contributed by atoms with E-state index in [0.29, 0.717) is 5.92 Å². The lowest BCUT2D eigenvalue weighted by molar-refractivity contribution is 0.442. The van der Waals surface area contributed by atoms with Gasteiger partial charge < -0.3 is 5.32 Å². The molecule has 0 saturated heterocycles. The molecule has 1 nitrogen and oxygen atoms in total. The van der Waals surface area contributed by atoms with Gasteiger partial charge in [-0.1, -0.05) is 52.8 Å². The highest BCUT2D eigenvalue weighted by molar-refractivity contribution is 5.38. The minimum absolute atomic E-state index is 0.0188. The molecule has 0 unspecified atom stereocenters. The summed E-state index contributed by atoms with van der Waals surface area (Å²) in [4.78, 5) is 0. The van der Waals surface area contributed by atoms with Crippen LogP contribution in [0.4, 0.5) is 0 Å². The molecule has 0 radical (unpaired) electrons. The second-order valence-electron chi connectivity index (χ2n) is 7.12. The van der Waals surface area contributed by atoms with Crippen LogP contribution in [0, 0.1) is 0 Å². The van der Waals surface area contributed by atoms with E-state index in [-0.39, 0.29) is 11.0 Å². The highest BCUT2D eigenvalue weighted by atomic mass is 14.9. The molecule has 1 heteroatoms. The lowest BCUT2D eigenvalue weighted by Gasteiger charge is -2.29. The van der Waals surface area contributed by atoms with E-state index in [1.165, 1.54) is 16.7 Å². The van der Waals surface area contributed by atoms with Crippen molar-refractivity contribution in [2.75, 3.05) is 7.05 Å². The van der Waals surface area contributed by atoms with E-state index in [4.69, 9.17) is 0 Å². The molecular weight excluding hydrogens is 218 g/mol. The average molecular weight is 247 g/mol. The molecule has 1 aromatic carbocycles. The molecule has 1 N–H and O–H groups in total. The minimum atomic E-state index is 0.0188. The molecule has 1 aromatic rings. The summed E-state index contributed by atoms with van der Waals surface area (Å²) in [7, 11) is 2.03. The van der Waals surface area contributed by atoms with Crippen LogP contribution in [-0.2, 0) is 11.0 Å². The summed E-state index contributed by atoms with van der Waals surface area (Å²) in [5, 5.41) is 3.40. The zero-order chi connectivity index (χ0) is 14.1. The summed E-state index contributed by atoms with van der Waals surface area (Å²) >= 11 is 0. The Labute approximate surface area is 113 Å². The molecule has 102 valence electrons. The first kappa shape index (κ1) is 15.2. The molecule has 0 spiro atoms. The quantitative estimate of drug-likeness (QED) is 0.825. The molecule has 18 heavy (non-hydrogen) atoms. The van der Waals surface area contributed by atoms with Crippen LogP contribution in [0.2, 0.25) is 0 Å². The first-order valence-corrected chi connectivity index (χ1v) is 6.93. The van der Waals surface area contributed by atoms with Crippen molar-refractivity contribution in [2.45, 2.75) is 65.3 Å². The van der Waals surface area contributed by atoms with Crippen LogP contribution in [0.3, 0.4) is 0 Å². The number of nitrogens with one attached hydrogen (secondary N) is 1. The van der Waals surface area contributed by atoms with Crippen LogP contribution in [-0.4, -0.2) is 7.05 Å². The number of rotatable bonds is 3. The Morgan fingerprint density at radius 2 is 1.39 bits per heavy atom. The Hall–Kier alpha value is -0.820. The lowest BCUT2D eigenvalue weighted by Crippen LogP contribution is -2.33. The summed E-state index contributed by atoms with van der Waals surface area (Å²) in [5.41, 5.74) is 4.45. The molecule has 0 aliphatic rings. The van der Waals surface area contributed by atoms with E-state index in [2.05, 4.69) is 72.0 Å². The second-order valence-corrected chi connectivity index (χ2v) is 7.12. The second kappa shape index (κ2) is 5.05. The summed E-state index contributed by atoms with van der Waals surface area (Å²) < 4.78 is 0. The van der Waals surface area contributed by atoms with Crippen LogP contribution in [0.5, 0.6) is 0 Å². The molecule has 0 atom stereocenters. The van der Waals surface area contributed by atoms with Crippen molar-refractivity contribution in [1.82, 2.24) is 5.32 Å². The van der Waals surface area contributed by atoms with Gasteiger partial charge in [-0.15, -0.1) is 0 Å². The van der Waals surface area contributed by atoms with Gasteiger partial charge in [0.05, 0.1) is 0 Å². The van der Waals surface area contributed by atoms with Gasteiger partial charge >= 0.3 is 0 Å². The standard InChI is InChI=1S/C17H29N/c1-12(2)13-9-14(16(3,4)5)11-15(10-13)17(6,7)18-8/h9-12,18H,1-8H3. The average Bonchev–Trinajstić information content (AvgIpc) is 2.27. The van der Waals surface area contributed by atoms with Gasteiger partial charge in [-0.05, 0) is 48.9 Å². The topological polar surface area (TPSA) is 12.0 Å². The van der Waals surface area contributed by atoms with Gasteiger partial charge in [0, 0.05) is 5.54 Å². The zero-order valence-corrected chi connectivity index (χ0v) is 13.3. The maximum absolute atomic E-state index is 3.40. The Morgan fingerprint density at radius 1 is 0.889 bits per heavy atom. The molecule has 1 rings (SSSR count). The highest BCUT2D eigenvalue weighted by Gasteiger charge is 2.22. The van der Waals surface area contributed by atoms with E-state index in [1.807, 2.05) is 7.05 Å². The van der Waals surface area contributed by atoms with Crippen LogP contribution < -0.4 is 5.32 Å². The largest absolute Gasteiger partial charge is 0.311 e. The molecule has 0 amide bonds. The summed E-state index contributed by atoms with van der Waals surface area (Å²) in [6.07, 6.45) is 0. The van der Waals surface area contributed by atoms with Gasteiger partial charge in [0.2, 0.25) is 0 Å². The maximum Gasteiger partial charge on any atom is 0.0375 e. The predicted octanol–water partition coefficient (Wildman–Crippen LogP) is 4.56. The Morgan fingerprint density at radius 3 is 1.78 bits per heavy atom. The Bertz CT molecular complexity index is 408. The number of benzene rings is 1. The van der Waals surface area contributed by atoms with Crippen molar-refractivity contribution in [1.29, 1.82) is 0 Å². The molecule has 0 aliphatic carbocycles. The highest BCUT2D eigenvalue weighted by Crippen LogP contribution is 2.31. The van der Waals surface area contributed by atoms with Gasteiger partial charge in [-0.2, -0.15) is 0 Å². The van der Waals surface area contributed by atoms with Crippen LogP contribution >= 0.6 is 0 Å². The summed E-state index contributed by atoms with van der Waals surface area (Å²) in [5.74, 6) is 0.568. The van der Waals surface area contributed by atoms with Crippen molar-refractivity contribution in [2.24, 2.45) is 0 Å². The van der Waals surface area contributed by atoms with Crippen molar-refractivity contribution < 1.29 is 0 Å². The zero-order valence-electron chi connectivity index (χ0n) is 13.3. The normalized spacial score (nSPS) is 13.2. The van der Waals surface area contributed by atoms with E-state index >= 15 is 0 Å². The molecule has 0 fully saturated rings. The van der Waals surface area contributed by atoms with E-state index in [9.17, 15) is 0 Å². The van der Waals surface area contributed by atoms with Crippen LogP contribution in [0.1, 0.15) is 71.1 Å². The van der Waals surface area contributed by atoms with E-state index in [1.54, 1.807) is 0 Å². The van der Waals surface area contributed by atoms with Gasteiger partial charge in [0.15, 0.2) is 0 Å². The predicted molar refractivity (Wildman–Crippen MR) is 81.3 cm³/mol. The Kier molecular flexibility index (Phi) is 4.27. The van der Waals surface area contributed by atoms with Crippen LogP contribution in [0.25, 0.3) is 0 Å². The molecule has 0 heterocycles. The smallest absolute Gasteiger partial charge is 0.0375 e. The fraction of sp³-hybridized carbons (Fsp3) is 0.647. The molecular formula is C17H29N. The molecule has 0 aromatic heterocycles. The van der Waals surface area contributed by atoms with Gasteiger partial charge in [-0.3, -0.25) is 0 Å². The third-order valence-corrected chi connectivity index (χ3v) is 3.83. The van der Waals surface area contributed by atoms with Crippen molar-refractivity contribution in [3.05, 3.63) is 34.9 Å². The SMILES string of the molecule is CNC(C)(C)c1cc(C(C)C)cc(C(C)(C)C)c1. The van der Waals surface area contributed by atoms with Crippen LogP contribution in [0.15, 0.2) is 18.2 Å². The van der Waals surface area contributed by atoms with Crippen molar-refractivity contribution in [3.8, 4) is 0 Å². The summed E-state index contributed by atoms with van der Waals surface area (Å²) in [6.45, 7) is 15.8. The first-order valence-electron chi connectivity index (χ1n) is 6.93. The van der Waals surface area contributed by atoms with Gasteiger partial charge in [-0.25, -0.2) is 0 Å². The van der Waals surface area contributed by atoms with E-state index in [0.717, 1.165) is 0 Å². The number of hydrogen-bond donors (Lipinski definition) is 1. The fourth-order valence-electron chi connectivity index (χ4n) is 1.92. The van der Waals surface area contributed by atoms with Gasteiger partial charge in [0.25, 0.3) is 0 Å². The fourth-order valence-corrected chi connectivity index (χ4v) is 1.92. The van der Waals surface area contributed by atoms with Crippen molar-refractivity contribution in [3.63, 3.8) is 0 Å². The first-order chi connectivity index (χ1) is 8.08. The third kappa shape index (κ3) is 3.35. The summed E-state index contributed by atoms with van der Waals surface area (Å²) in [6, 6.07) is 7.05. The maximum atomic E-state index is 3.40. The van der Waals surface area contributed by atoms with E-state index < -0.39 is 0 Å². The molecule has 0 aliphatic heterocycles. The monoisotopic (exact) mass is 247 g/mol. The van der Waals surface area contributed by atoms with Gasteiger partial charge in [0.1, 0.15) is 0 Å². The number of hydrogen-bond acceptors (Lipinski definition) is 1. The lowest BCUT2D eigenvalue weighted by atomic mass is 9.80. The minimum Gasteiger partial charge on any atom is -0.311 e. The third-order valence-electron chi connectivity index (χ3n) is 3.83. The van der Waals surface area contributed by atoms with Crippen molar-refractivity contribution >= 4 is 0 Å². The molecule has 0 bridgehead atoms. The molecule has 0 saturated carbocycles.